The van der Waals surface area contributed by atoms with Crippen LogP contribution in [0.2, 0.25) is 0 Å². The highest BCUT2D eigenvalue weighted by molar-refractivity contribution is 5.85. The van der Waals surface area contributed by atoms with Crippen LogP contribution in [-0.4, -0.2) is 45.2 Å². The van der Waals surface area contributed by atoms with E-state index >= 15 is 0 Å². The Labute approximate surface area is 143 Å². The van der Waals surface area contributed by atoms with Crippen LogP contribution >= 0.6 is 12.4 Å². The molecule has 2 fully saturated rings. The molecule has 1 unspecified atom stereocenters. The summed E-state index contributed by atoms with van der Waals surface area (Å²) in [6.07, 6.45) is 3.09. The van der Waals surface area contributed by atoms with Crippen LogP contribution in [0.15, 0.2) is 0 Å². The van der Waals surface area contributed by atoms with Crippen molar-refractivity contribution in [1.29, 1.82) is 0 Å². The molecule has 6 nitrogen and oxygen atoms in total. The summed E-state index contributed by atoms with van der Waals surface area (Å²) >= 11 is 0. The zero-order valence-electron chi connectivity index (χ0n) is 13.9. The monoisotopic (exact) mass is 339 g/mol. The first-order valence-corrected chi connectivity index (χ1v) is 8.48. The molecule has 23 heavy (non-hydrogen) atoms. The molecule has 0 bridgehead atoms. The standard InChI is InChI=1S/C16H25N5O.ClH/c1-16(2)9-12(16)15(22)20-6-3-11(4-7-20)14-19-18-13-10-17-5-8-21(13)14;/h11-12,17H,3-10H2,1-2H3;1H. The van der Waals surface area contributed by atoms with Gasteiger partial charge in [0, 0.05) is 38.0 Å². The first kappa shape index (κ1) is 16.7. The maximum atomic E-state index is 12.5. The number of aromatic nitrogens is 3. The highest BCUT2D eigenvalue weighted by atomic mass is 35.5. The Morgan fingerprint density at radius 1 is 1.22 bits per heavy atom. The molecule has 1 atom stereocenters. The molecule has 1 aliphatic carbocycles. The van der Waals surface area contributed by atoms with Crippen LogP contribution in [0.5, 0.6) is 0 Å². The Hall–Kier alpha value is -1.14. The molecule has 0 aromatic carbocycles. The van der Waals surface area contributed by atoms with Gasteiger partial charge in [0.2, 0.25) is 5.91 Å². The maximum absolute atomic E-state index is 12.5. The summed E-state index contributed by atoms with van der Waals surface area (Å²) < 4.78 is 2.28. The Balaban J connectivity index is 0.00000156. The lowest BCUT2D eigenvalue weighted by Gasteiger charge is -2.32. The third-order valence-corrected chi connectivity index (χ3v) is 5.63. The first-order valence-electron chi connectivity index (χ1n) is 8.48. The molecule has 4 rings (SSSR count). The van der Waals surface area contributed by atoms with Crippen molar-refractivity contribution in [2.24, 2.45) is 11.3 Å². The van der Waals surface area contributed by atoms with Crippen LogP contribution in [-0.2, 0) is 17.9 Å². The van der Waals surface area contributed by atoms with Crippen molar-refractivity contribution in [3.8, 4) is 0 Å². The second kappa shape index (κ2) is 6.06. The summed E-state index contributed by atoms with van der Waals surface area (Å²) in [5.41, 5.74) is 0.229. The van der Waals surface area contributed by atoms with Gasteiger partial charge in [-0.2, -0.15) is 0 Å². The number of rotatable bonds is 2. The summed E-state index contributed by atoms with van der Waals surface area (Å²) in [6.45, 7) is 8.91. The number of hydrogen-bond acceptors (Lipinski definition) is 4. The zero-order chi connectivity index (χ0) is 15.3. The predicted molar refractivity (Wildman–Crippen MR) is 89.4 cm³/mol. The minimum absolute atomic E-state index is 0. The van der Waals surface area contributed by atoms with Crippen molar-refractivity contribution in [2.45, 2.75) is 52.1 Å². The van der Waals surface area contributed by atoms with Gasteiger partial charge in [0.05, 0.1) is 6.54 Å². The lowest BCUT2D eigenvalue weighted by atomic mass is 9.95. The summed E-state index contributed by atoms with van der Waals surface area (Å²) in [6, 6.07) is 0. The average molecular weight is 340 g/mol. The van der Waals surface area contributed by atoms with E-state index in [0.29, 0.717) is 11.8 Å². The molecule has 3 heterocycles. The first-order chi connectivity index (χ1) is 10.6. The third kappa shape index (κ3) is 2.98. The molecule has 0 spiro atoms. The van der Waals surface area contributed by atoms with Gasteiger partial charge in [-0.25, -0.2) is 0 Å². The van der Waals surface area contributed by atoms with Crippen molar-refractivity contribution in [3.05, 3.63) is 11.6 Å². The number of hydrogen-bond donors (Lipinski definition) is 1. The number of nitrogens with zero attached hydrogens (tertiary/aromatic N) is 4. The predicted octanol–water partition coefficient (Wildman–Crippen LogP) is 1.56. The van der Waals surface area contributed by atoms with Gasteiger partial charge in [-0.1, -0.05) is 13.8 Å². The molecule has 1 N–H and O–H groups in total. The summed E-state index contributed by atoms with van der Waals surface area (Å²) in [4.78, 5) is 14.6. The number of halogens is 1. The van der Waals surface area contributed by atoms with E-state index in [2.05, 4.69) is 38.8 Å². The fourth-order valence-corrected chi connectivity index (χ4v) is 3.88. The minimum Gasteiger partial charge on any atom is -0.342 e. The fourth-order valence-electron chi connectivity index (χ4n) is 3.88. The normalized spacial score (nSPS) is 26.3. The molecular weight excluding hydrogens is 314 g/mol. The molecule has 2 aliphatic heterocycles. The highest BCUT2D eigenvalue weighted by Gasteiger charge is 2.52. The number of nitrogens with one attached hydrogen (secondary N) is 1. The van der Waals surface area contributed by atoms with E-state index in [0.717, 1.165) is 63.6 Å². The average Bonchev–Trinajstić information content (AvgIpc) is 2.97. The van der Waals surface area contributed by atoms with Crippen LogP contribution in [0.3, 0.4) is 0 Å². The van der Waals surface area contributed by atoms with E-state index in [-0.39, 0.29) is 23.7 Å². The number of carbonyl (C=O) groups is 1. The zero-order valence-corrected chi connectivity index (χ0v) is 14.7. The Bertz CT molecular complexity index is 591. The summed E-state index contributed by atoms with van der Waals surface area (Å²) in [7, 11) is 0. The van der Waals surface area contributed by atoms with Gasteiger partial charge in [0.15, 0.2) is 0 Å². The van der Waals surface area contributed by atoms with E-state index in [4.69, 9.17) is 0 Å². The summed E-state index contributed by atoms with van der Waals surface area (Å²) in [5, 5.41) is 12.1. The number of piperidine rings is 1. The molecule has 1 aromatic rings. The number of likely N-dealkylation sites (tertiary alicyclic amines) is 1. The molecule has 3 aliphatic rings. The van der Waals surface area contributed by atoms with Crippen molar-refractivity contribution < 1.29 is 4.79 Å². The van der Waals surface area contributed by atoms with Crippen LogP contribution in [0.1, 0.15) is 50.7 Å². The van der Waals surface area contributed by atoms with Crippen LogP contribution in [0, 0.1) is 11.3 Å². The topological polar surface area (TPSA) is 63.1 Å². The van der Waals surface area contributed by atoms with Gasteiger partial charge in [-0.3, -0.25) is 4.79 Å². The van der Waals surface area contributed by atoms with Gasteiger partial charge >= 0.3 is 0 Å². The van der Waals surface area contributed by atoms with E-state index in [9.17, 15) is 4.79 Å². The molecule has 0 radical (unpaired) electrons. The van der Waals surface area contributed by atoms with Crippen LogP contribution < -0.4 is 5.32 Å². The SMILES string of the molecule is CC1(C)CC1C(=O)N1CCC(c2nnc3n2CCNC3)CC1.Cl. The molecule has 1 saturated carbocycles. The number of fused-ring (bicyclic) bond motifs is 1. The molecular formula is C16H26ClN5O. The minimum atomic E-state index is 0. The molecule has 1 amide bonds. The highest BCUT2D eigenvalue weighted by Crippen LogP contribution is 2.52. The van der Waals surface area contributed by atoms with Gasteiger partial charge in [0.25, 0.3) is 0 Å². The lowest BCUT2D eigenvalue weighted by molar-refractivity contribution is -0.134. The molecule has 1 aromatic heterocycles. The van der Waals surface area contributed by atoms with E-state index in [1.54, 1.807) is 0 Å². The maximum Gasteiger partial charge on any atom is 0.226 e. The molecule has 128 valence electrons. The Morgan fingerprint density at radius 3 is 2.57 bits per heavy atom. The van der Waals surface area contributed by atoms with E-state index in [1.165, 1.54) is 0 Å². The second-order valence-corrected chi connectivity index (χ2v) is 7.65. The van der Waals surface area contributed by atoms with Crippen molar-refractivity contribution in [3.63, 3.8) is 0 Å². The molecule has 7 heteroatoms. The fraction of sp³-hybridized carbons (Fsp3) is 0.812. The van der Waals surface area contributed by atoms with Crippen molar-refractivity contribution >= 4 is 18.3 Å². The number of carbonyl (C=O) groups excluding carboxylic acids is 1. The largest absolute Gasteiger partial charge is 0.342 e. The van der Waals surface area contributed by atoms with Gasteiger partial charge in [-0.15, -0.1) is 22.6 Å². The van der Waals surface area contributed by atoms with Crippen LogP contribution in [0.4, 0.5) is 0 Å². The van der Waals surface area contributed by atoms with E-state index in [1.807, 2.05) is 0 Å². The second-order valence-electron chi connectivity index (χ2n) is 7.65. The van der Waals surface area contributed by atoms with Crippen LogP contribution in [0.25, 0.3) is 0 Å². The Morgan fingerprint density at radius 2 is 1.91 bits per heavy atom. The van der Waals surface area contributed by atoms with E-state index < -0.39 is 0 Å². The van der Waals surface area contributed by atoms with Gasteiger partial charge in [0.1, 0.15) is 11.6 Å². The van der Waals surface area contributed by atoms with Crippen molar-refractivity contribution in [1.82, 2.24) is 25.0 Å². The molecule has 1 saturated heterocycles. The Kier molecular flexibility index (Phi) is 4.40. The quantitative estimate of drug-likeness (QED) is 0.888. The smallest absolute Gasteiger partial charge is 0.226 e. The lowest BCUT2D eigenvalue weighted by Crippen LogP contribution is -2.40. The summed E-state index contributed by atoms with van der Waals surface area (Å²) in [5.74, 6) is 3.28. The van der Waals surface area contributed by atoms with Crippen molar-refractivity contribution in [2.75, 3.05) is 19.6 Å². The third-order valence-electron chi connectivity index (χ3n) is 5.63. The van der Waals surface area contributed by atoms with Gasteiger partial charge in [-0.05, 0) is 24.7 Å². The number of amides is 1. The van der Waals surface area contributed by atoms with Gasteiger partial charge < -0.3 is 14.8 Å².